The summed E-state index contributed by atoms with van der Waals surface area (Å²) >= 11 is 1.69. The topological polar surface area (TPSA) is 70.5 Å². The lowest BCUT2D eigenvalue weighted by Gasteiger charge is -2.31. The molecule has 0 saturated carbocycles. The van der Waals surface area contributed by atoms with Crippen LogP contribution in [0.1, 0.15) is 25.7 Å². The molecular formula is C20H27N5O2S. The third-order valence-electron chi connectivity index (χ3n) is 5.54. The average Bonchev–Trinajstić information content (AvgIpc) is 3.30. The molecule has 2 aliphatic heterocycles. The molecule has 0 spiro atoms. The quantitative estimate of drug-likeness (QED) is 0.836. The third-order valence-corrected chi connectivity index (χ3v) is 6.19. The van der Waals surface area contributed by atoms with Gasteiger partial charge >= 0.3 is 6.03 Å². The number of likely N-dealkylation sites (tertiary alicyclic amines) is 1. The summed E-state index contributed by atoms with van der Waals surface area (Å²) in [5, 5.41) is 3.01. The molecular weight excluding hydrogens is 374 g/mol. The number of hydrogen-bond donors (Lipinski definition) is 1. The number of carbonyl (C=O) groups excluding carboxylic acids is 2. The van der Waals surface area contributed by atoms with Gasteiger partial charge in [0.05, 0.1) is 11.0 Å². The number of imidazole rings is 1. The number of nitrogens with zero attached hydrogens (tertiary/aromatic N) is 4. The van der Waals surface area contributed by atoms with Crippen molar-refractivity contribution in [1.82, 2.24) is 19.8 Å². The standard InChI is InChI=1S/C20H27N5O2S/c1-28-14-9-16(18(26)23-10-5-2-6-11-23)22-20(27)25-13-12-24-17-8-4-3-7-15(17)21-19(24)25/h3-4,7-8,16H,2,5-6,9-14H2,1H3,(H,22,27)/t16-/m0/s1. The second-order valence-corrected chi connectivity index (χ2v) is 8.36. The van der Waals surface area contributed by atoms with E-state index in [1.807, 2.05) is 35.4 Å². The predicted octanol–water partition coefficient (Wildman–Crippen LogP) is 2.70. The molecule has 0 aliphatic carbocycles. The molecule has 0 bridgehead atoms. The SMILES string of the molecule is CSCC[C@H](NC(=O)N1CCn2c1nc1ccccc12)C(=O)N1CCCCC1. The summed E-state index contributed by atoms with van der Waals surface area (Å²) in [6, 6.07) is 7.20. The molecule has 0 unspecified atom stereocenters. The van der Waals surface area contributed by atoms with E-state index in [1.165, 1.54) is 6.42 Å². The van der Waals surface area contributed by atoms with E-state index in [2.05, 4.69) is 14.9 Å². The molecule has 1 atom stereocenters. The number of rotatable bonds is 5. The Morgan fingerprint density at radius 1 is 1.14 bits per heavy atom. The van der Waals surface area contributed by atoms with Crippen LogP contribution in [0.15, 0.2) is 24.3 Å². The van der Waals surface area contributed by atoms with Crippen molar-refractivity contribution in [2.75, 3.05) is 36.5 Å². The summed E-state index contributed by atoms with van der Waals surface area (Å²) in [6.45, 7) is 2.89. The number of nitrogens with one attached hydrogen (secondary N) is 1. The molecule has 2 aliphatic rings. The first kappa shape index (κ1) is 19.1. The highest BCUT2D eigenvalue weighted by Crippen LogP contribution is 2.27. The van der Waals surface area contributed by atoms with Crippen LogP contribution in [-0.2, 0) is 11.3 Å². The van der Waals surface area contributed by atoms with Gasteiger partial charge in [-0.25, -0.2) is 9.78 Å². The van der Waals surface area contributed by atoms with Gasteiger partial charge in [0.1, 0.15) is 6.04 Å². The Balaban J connectivity index is 1.49. The van der Waals surface area contributed by atoms with Crippen molar-refractivity contribution in [3.8, 4) is 0 Å². The molecule has 4 rings (SSSR count). The maximum atomic E-state index is 13.0. The van der Waals surface area contributed by atoms with Crippen LogP contribution in [0.2, 0.25) is 0 Å². The minimum absolute atomic E-state index is 0.0507. The van der Waals surface area contributed by atoms with E-state index in [-0.39, 0.29) is 11.9 Å². The van der Waals surface area contributed by atoms with Gasteiger partial charge in [-0.3, -0.25) is 9.69 Å². The molecule has 3 heterocycles. The van der Waals surface area contributed by atoms with Gasteiger partial charge in [-0.1, -0.05) is 12.1 Å². The lowest BCUT2D eigenvalue weighted by molar-refractivity contribution is -0.134. The number of para-hydroxylation sites is 2. The molecule has 7 nitrogen and oxygen atoms in total. The summed E-state index contributed by atoms with van der Waals surface area (Å²) in [4.78, 5) is 34.2. The molecule has 8 heteroatoms. The van der Waals surface area contributed by atoms with Crippen molar-refractivity contribution in [3.63, 3.8) is 0 Å². The second kappa shape index (κ2) is 8.43. The largest absolute Gasteiger partial charge is 0.341 e. The molecule has 150 valence electrons. The van der Waals surface area contributed by atoms with E-state index in [9.17, 15) is 9.59 Å². The van der Waals surface area contributed by atoms with Crippen molar-refractivity contribution in [2.24, 2.45) is 0 Å². The zero-order chi connectivity index (χ0) is 19.5. The van der Waals surface area contributed by atoms with Gasteiger partial charge in [-0.2, -0.15) is 11.8 Å². The number of anilines is 1. The number of fused-ring (bicyclic) bond motifs is 3. The minimum atomic E-state index is -0.475. The monoisotopic (exact) mass is 401 g/mol. The van der Waals surface area contributed by atoms with Crippen LogP contribution < -0.4 is 10.2 Å². The van der Waals surface area contributed by atoms with Gasteiger partial charge in [0.2, 0.25) is 11.9 Å². The van der Waals surface area contributed by atoms with E-state index < -0.39 is 6.04 Å². The first-order valence-electron chi connectivity index (χ1n) is 10.00. The highest BCUT2D eigenvalue weighted by atomic mass is 32.2. The van der Waals surface area contributed by atoms with E-state index in [0.29, 0.717) is 18.9 Å². The Bertz CT molecular complexity index is 861. The van der Waals surface area contributed by atoms with Crippen LogP contribution in [0.4, 0.5) is 10.7 Å². The van der Waals surface area contributed by atoms with Crippen molar-refractivity contribution < 1.29 is 9.59 Å². The maximum absolute atomic E-state index is 13.0. The molecule has 1 aromatic heterocycles. The third kappa shape index (κ3) is 3.70. The van der Waals surface area contributed by atoms with E-state index in [1.54, 1.807) is 16.7 Å². The summed E-state index contributed by atoms with van der Waals surface area (Å²) < 4.78 is 2.07. The van der Waals surface area contributed by atoms with Crippen molar-refractivity contribution >= 4 is 40.7 Å². The molecule has 28 heavy (non-hydrogen) atoms. The molecule has 1 saturated heterocycles. The van der Waals surface area contributed by atoms with Crippen LogP contribution in [0.5, 0.6) is 0 Å². The molecule has 1 aromatic carbocycles. The fraction of sp³-hybridized carbons (Fsp3) is 0.550. The van der Waals surface area contributed by atoms with Crippen LogP contribution in [0.3, 0.4) is 0 Å². The highest BCUT2D eigenvalue weighted by molar-refractivity contribution is 7.98. The smallest absolute Gasteiger partial charge is 0.324 e. The Morgan fingerprint density at radius 3 is 2.71 bits per heavy atom. The fourth-order valence-corrected chi connectivity index (χ4v) is 4.51. The zero-order valence-electron chi connectivity index (χ0n) is 16.3. The number of amides is 3. The number of aromatic nitrogens is 2. The lowest BCUT2D eigenvalue weighted by atomic mass is 10.1. The number of hydrogen-bond acceptors (Lipinski definition) is 4. The number of benzene rings is 1. The summed E-state index contributed by atoms with van der Waals surface area (Å²) in [6.07, 6.45) is 5.94. The number of carbonyl (C=O) groups is 2. The van der Waals surface area contributed by atoms with Crippen molar-refractivity contribution in [2.45, 2.75) is 38.3 Å². The van der Waals surface area contributed by atoms with Crippen LogP contribution in [0, 0.1) is 0 Å². The number of urea groups is 1. The summed E-state index contributed by atoms with van der Waals surface area (Å²) in [5.74, 6) is 1.55. The fourth-order valence-electron chi connectivity index (χ4n) is 4.04. The first-order chi connectivity index (χ1) is 13.7. The zero-order valence-corrected chi connectivity index (χ0v) is 17.1. The van der Waals surface area contributed by atoms with Crippen LogP contribution >= 0.6 is 11.8 Å². The molecule has 1 N–H and O–H groups in total. The predicted molar refractivity (Wildman–Crippen MR) is 113 cm³/mol. The minimum Gasteiger partial charge on any atom is -0.341 e. The molecule has 2 aromatic rings. The van der Waals surface area contributed by atoms with Gasteiger partial charge in [0.15, 0.2) is 0 Å². The average molecular weight is 402 g/mol. The Kier molecular flexibility index (Phi) is 5.75. The van der Waals surface area contributed by atoms with Gasteiger partial charge < -0.3 is 14.8 Å². The second-order valence-electron chi connectivity index (χ2n) is 7.37. The Labute approximate surface area is 169 Å². The normalized spacial score (nSPS) is 17.6. The number of thioether (sulfide) groups is 1. The van der Waals surface area contributed by atoms with Crippen molar-refractivity contribution in [1.29, 1.82) is 0 Å². The van der Waals surface area contributed by atoms with Crippen LogP contribution in [-0.4, -0.2) is 64.1 Å². The summed E-state index contributed by atoms with van der Waals surface area (Å²) in [7, 11) is 0. The van der Waals surface area contributed by atoms with Gasteiger partial charge in [0.25, 0.3) is 0 Å². The molecule has 3 amide bonds. The van der Waals surface area contributed by atoms with Crippen molar-refractivity contribution in [3.05, 3.63) is 24.3 Å². The van der Waals surface area contributed by atoms with E-state index in [0.717, 1.165) is 49.3 Å². The van der Waals surface area contributed by atoms with Gasteiger partial charge in [0, 0.05) is 26.2 Å². The van der Waals surface area contributed by atoms with Gasteiger partial charge in [-0.05, 0) is 49.8 Å². The van der Waals surface area contributed by atoms with E-state index in [4.69, 9.17) is 0 Å². The number of piperidine rings is 1. The van der Waals surface area contributed by atoms with Crippen LogP contribution in [0.25, 0.3) is 11.0 Å². The maximum Gasteiger partial charge on any atom is 0.324 e. The van der Waals surface area contributed by atoms with Gasteiger partial charge in [-0.15, -0.1) is 0 Å². The lowest BCUT2D eigenvalue weighted by Crippen LogP contribution is -2.53. The van der Waals surface area contributed by atoms with E-state index >= 15 is 0 Å². The first-order valence-corrected chi connectivity index (χ1v) is 11.4. The Hall–Kier alpha value is -2.22. The highest BCUT2D eigenvalue weighted by Gasteiger charge is 2.32. The molecule has 1 fully saturated rings. The molecule has 0 radical (unpaired) electrons. The summed E-state index contributed by atoms with van der Waals surface area (Å²) in [5.41, 5.74) is 1.93. The Morgan fingerprint density at radius 2 is 1.93 bits per heavy atom.